The number of likely N-dealkylation sites (tertiary alicyclic amines) is 1. The van der Waals surface area contributed by atoms with E-state index in [0.717, 1.165) is 6.08 Å². The van der Waals surface area contributed by atoms with Gasteiger partial charge in [0, 0.05) is 25.4 Å². The van der Waals surface area contributed by atoms with Gasteiger partial charge >= 0.3 is 23.9 Å². The molecule has 0 aliphatic carbocycles. The fourth-order valence-electron chi connectivity index (χ4n) is 10.1. The molecule has 0 bridgehead atoms. The molecule has 1 aliphatic heterocycles. The van der Waals surface area contributed by atoms with Crippen LogP contribution in [-0.4, -0.2) is 83.8 Å². The number of rotatable bonds is 25. The van der Waals surface area contributed by atoms with E-state index in [1.807, 2.05) is 74.1 Å². The second-order valence-electron chi connectivity index (χ2n) is 21.4. The lowest BCUT2D eigenvalue weighted by molar-refractivity contribution is -0.201. The van der Waals surface area contributed by atoms with Gasteiger partial charge in [0.2, 0.25) is 5.91 Å². The van der Waals surface area contributed by atoms with E-state index in [0.29, 0.717) is 45.1 Å². The van der Waals surface area contributed by atoms with E-state index in [9.17, 15) is 33.9 Å². The Morgan fingerprint density at radius 3 is 1.80 bits per heavy atom. The van der Waals surface area contributed by atoms with Gasteiger partial charge in [-0.1, -0.05) is 110 Å². The maximum Gasteiger partial charge on any atom is 0.313 e. The number of esters is 3. The number of ketones is 2. The third-order valence-corrected chi connectivity index (χ3v) is 14.3. The molecule has 60 heavy (non-hydrogen) atoms. The summed E-state index contributed by atoms with van der Waals surface area (Å²) in [4.78, 5) is 95.5. The van der Waals surface area contributed by atoms with Crippen molar-refractivity contribution in [2.45, 2.75) is 175 Å². The molecule has 0 aromatic heterocycles. The van der Waals surface area contributed by atoms with Crippen LogP contribution in [0.5, 0.6) is 0 Å². The summed E-state index contributed by atoms with van der Waals surface area (Å²) in [5.41, 5.74) is -6.62. The lowest BCUT2D eigenvalue weighted by atomic mass is 9.42. The fraction of sp³-hybridized carbons (Fsp3) is 0.812. The summed E-state index contributed by atoms with van der Waals surface area (Å²) >= 11 is 0. The third-order valence-electron chi connectivity index (χ3n) is 14.3. The Morgan fingerprint density at radius 2 is 1.37 bits per heavy atom. The zero-order chi connectivity index (χ0) is 46.9. The molecule has 0 saturated carbocycles. The van der Waals surface area contributed by atoms with Gasteiger partial charge in [0.05, 0.1) is 23.9 Å². The fourth-order valence-corrected chi connectivity index (χ4v) is 10.1. The summed E-state index contributed by atoms with van der Waals surface area (Å²) in [5, 5.41) is 11.8. The number of hydrogen-bond acceptors (Lipinski definition) is 10. The van der Waals surface area contributed by atoms with Crippen molar-refractivity contribution in [3.8, 4) is 0 Å². The number of Topliss-reactive ketones (excluding diaryl/α,β-unsaturated/α-hetero) is 1. The standard InChI is InChI=1S/C48H81NO11/c1-18-24-47(16,46(15,20-3)34(30-42(5,6)7)49-25-21-22-35(49)52)37(39(54)55)38(40(56)59-26-23-33(51)19-2)44(11,12)45(13,14)48(17,31-43(8,9)10)41(57)60-28-27-58-36(53)29-32(4)50/h19,34,37-38H,2,18,20-31H2,1,3-17H3,(H,54,55). The summed E-state index contributed by atoms with van der Waals surface area (Å²) in [5.74, 6) is -6.80. The van der Waals surface area contributed by atoms with Gasteiger partial charge in [-0.2, -0.15) is 0 Å². The van der Waals surface area contributed by atoms with Crippen molar-refractivity contribution in [2.24, 2.45) is 49.7 Å². The summed E-state index contributed by atoms with van der Waals surface area (Å²) in [6.07, 6.45) is 4.06. The number of carbonyl (C=O) groups excluding carboxylic acids is 6. The molecule has 1 amide bonds. The van der Waals surface area contributed by atoms with Crippen molar-refractivity contribution in [1.29, 1.82) is 0 Å². The maximum absolute atomic E-state index is 15.1. The van der Waals surface area contributed by atoms with Gasteiger partial charge in [-0.15, -0.1) is 0 Å². The van der Waals surface area contributed by atoms with Gasteiger partial charge in [-0.25, -0.2) is 0 Å². The predicted molar refractivity (Wildman–Crippen MR) is 233 cm³/mol. The molecule has 12 heteroatoms. The predicted octanol–water partition coefficient (Wildman–Crippen LogP) is 9.20. The molecular formula is C48H81NO11. The number of nitrogens with zero attached hydrogens (tertiary/aromatic N) is 1. The summed E-state index contributed by atoms with van der Waals surface area (Å²) in [6, 6.07) is -0.361. The van der Waals surface area contributed by atoms with E-state index >= 15 is 4.79 Å². The highest BCUT2D eigenvalue weighted by molar-refractivity contribution is 5.94. The second-order valence-corrected chi connectivity index (χ2v) is 21.4. The van der Waals surface area contributed by atoms with Crippen LogP contribution >= 0.6 is 0 Å². The van der Waals surface area contributed by atoms with Crippen molar-refractivity contribution in [1.82, 2.24) is 4.90 Å². The van der Waals surface area contributed by atoms with Gasteiger partial charge in [-0.3, -0.25) is 33.6 Å². The topological polar surface area (TPSA) is 171 Å². The average Bonchev–Trinajstić information content (AvgIpc) is 3.53. The molecule has 6 unspecified atom stereocenters. The Balaban J connectivity index is 4.29. The summed E-state index contributed by atoms with van der Waals surface area (Å²) in [6.45, 7) is 33.9. The maximum atomic E-state index is 15.1. The Labute approximate surface area is 361 Å². The molecule has 1 heterocycles. The van der Waals surface area contributed by atoms with Crippen molar-refractivity contribution in [2.75, 3.05) is 26.4 Å². The minimum absolute atomic E-state index is 0.0315. The monoisotopic (exact) mass is 848 g/mol. The number of hydrogen-bond donors (Lipinski definition) is 1. The van der Waals surface area contributed by atoms with E-state index in [1.165, 1.54) is 6.92 Å². The number of carboxylic acids is 1. The van der Waals surface area contributed by atoms with Crippen LogP contribution in [0, 0.1) is 49.7 Å². The Hall–Kier alpha value is -3.57. The quantitative estimate of drug-likeness (QED) is 0.0305. The molecule has 0 spiro atoms. The number of carboxylic acid groups (broad SMARTS) is 1. The van der Waals surface area contributed by atoms with E-state index < -0.39 is 74.6 Å². The highest BCUT2D eigenvalue weighted by Gasteiger charge is 2.67. The molecule has 344 valence electrons. The van der Waals surface area contributed by atoms with Gasteiger partial charge in [0.1, 0.15) is 25.4 Å². The first-order valence-electron chi connectivity index (χ1n) is 21.9. The van der Waals surface area contributed by atoms with Gasteiger partial charge < -0.3 is 24.2 Å². The van der Waals surface area contributed by atoms with Crippen LogP contribution in [-0.2, 0) is 47.8 Å². The summed E-state index contributed by atoms with van der Waals surface area (Å²) in [7, 11) is 0. The number of amides is 1. The Bertz CT molecular complexity index is 1570. The molecule has 1 rings (SSSR count). The van der Waals surface area contributed by atoms with Crippen LogP contribution in [0.25, 0.3) is 0 Å². The molecule has 12 nitrogen and oxygen atoms in total. The normalized spacial score (nSPS) is 18.5. The van der Waals surface area contributed by atoms with E-state index in [-0.39, 0.29) is 61.6 Å². The lowest BCUT2D eigenvalue weighted by Crippen LogP contribution is -2.64. The van der Waals surface area contributed by atoms with Crippen LogP contribution in [0.3, 0.4) is 0 Å². The molecule has 1 fully saturated rings. The Morgan fingerprint density at radius 1 is 0.800 bits per heavy atom. The van der Waals surface area contributed by atoms with Crippen LogP contribution in [0.2, 0.25) is 0 Å². The van der Waals surface area contributed by atoms with Crippen molar-refractivity contribution in [3.05, 3.63) is 12.7 Å². The van der Waals surface area contributed by atoms with Crippen LogP contribution in [0.4, 0.5) is 0 Å². The average molecular weight is 848 g/mol. The largest absolute Gasteiger partial charge is 0.481 e. The van der Waals surface area contributed by atoms with Gasteiger partial charge in [-0.05, 0) is 84.5 Å². The molecule has 0 aromatic carbocycles. The second kappa shape index (κ2) is 21.0. The van der Waals surface area contributed by atoms with E-state index in [4.69, 9.17) is 14.2 Å². The van der Waals surface area contributed by atoms with Crippen molar-refractivity contribution >= 4 is 41.4 Å². The number of carbonyl (C=O) groups is 7. The molecular weight excluding hydrogens is 767 g/mol. The molecule has 0 radical (unpaired) electrons. The molecule has 1 aliphatic rings. The smallest absolute Gasteiger partial charge is 0.313 e. The van der Waals surface area contributed by atoms with E-state index in [1.54, 1.807) is 6.92 Å². The minimum Gasteiger partial charge on any atom is -0.481 e. The van der Waals surface area contributed by atoms with Crippen molar-refractivity contribution in [3.63, 3.8) is 0 Å². The first-order valence-corrected chi connectivity index (χ1v) is 21.9. The number of allylic oxidation sites excluding steroid dienone is 1. The first kappa shape index (κ1) is 54.4. The number of ether oxygens (including phenoxy) is 3. The SMILES string of the molecule is C=CC(=O)CCOC(=O)C(C(C(=O)O)C(C)(CCC)C(C)(CC)C(CC(C)(C)C)N1CCCC1=O)C(C)(C)C(C)(C)C(C)(CC(C)(C)C)C(=O)OCCOC(=O)CC(C)=O. The lowest BCUT2D eigenvalue weighted by Gasteiger charge is -2.61. The molecule has 1 N–H and O–H groups in total. The highest BCUT2D eigenvalue weighted by atomic mass is 16.6. The molecule has 0 aromatic rings. The highest BCUT2D eigenvalue weighted by Crippen LogP contribution is 2.65. The minimum atomic E-state index is -1.39. The van der Waals surface area contributed by atoms with Crippen LogP contribution < -0.4 is 0 Å². The first-order chi connectivity index (χ1) is 27.2. The summed E-state index contributed by atoms with van der Waals surface area (Å²) < 4.78 is 16.9. The van der Waals surface area contributed by atoms with Gasteiger partial charge in [0.15, 0.2) is 5.78 Å². The zero-order valence-corrected chi connectivity index (χ0v) is 40.2. The zero-order valence-electron chi connectivity index (χ0n) is 40.2. The molecule has 1 saturated heterocycles. The Kier molecular flexibility index (Phi) is 19.1. The van der Waals surface area contributed by atoms with Crippen LogP contribution in [0.15, 0.2) is 12.7 Å². The van der Waals surface area contributed by atoms with Gasteiger partial charge in [0.25, 0.3) is 0 Å². The van der Waals surface area contributed by atoms with E-state index in [2.05, 4.69) is 34.3 Å². The third kappa shape index (κ3) is 12.7. The number of aliphatic carboxylic acids is 1. The van der Waals surface area contributed by atoms with Crippen LogP contribution in [0.1, 0.15) is 169 Å². The van der Waals surface area contributed by atoms with Crippen molar-refractivity contribution < 1.29 is 52.9 Å². The molecule has 6 atom stereocenters.